The van der Waals surface area contributed by atoms with Crippen LogP contribution in [-0.2, 0) is 7.05 Å². The van der Waals surface area contributed by atoms with E-state index in [1.807, 2.05) is 24.3 Å². The number of hydrogen-bond acceptors (Lipinski definition) is 5. The lowest BCUT2D eigenvalue weighted by Gasteiger charge is -2.10. The molecule has 0 saturated heterocycles. The molecule has 4 aromatic rings. The zero-order valence-electron chi connectivity index (χ0n) is 14.3. The van der Waals surface area contributed by atoms with Crippen LogP contribution in [0, 0.1) is 11.3 Å². The van der Waals surface area contributed by atoms with Gasteiger partial charge < -0.3 is 5.32 Å². The lowest BCUT2D eigenvalue weighted by atomic mass is 10.1. The van der Waals surface area contributed by atoms with Gasteiger partial charge >= 0.3 is 0 Å². The van der Waals surface area contributed by atoms with Crippen LogP contribution < -0.4 is 10.9 Å². The van der Waals surface area contributed by atoms with Crippen molar-refractivity contribution in [3.05, 3.63) is 76.2 Å². The number of benzene rings is 2. The predicted octanol–water partition coefficient (Wildman–Crippen LogP) is 2.61. The molecule has 0 radical (unpaired) electrons. The van der Waals surface area contributed by atoms with E-state index in [0.717, 1.165) is 10.1 Å². The van der Waals surface area contributed by atoms with E-state index in [1.165, 1.54) is 7.05 Å². The zero-order valence-corrected chi connectivity index (χ0v) is 14.3. The number of carbonyl (C=O) groups is 1. The summed E-state index contributed by atoms with van der Waals surface area (Å²) < 4.78 is 1.12. The Balaban J connectivity index is 1.83. The average molecular weight is 355 g/mol. The second-order valence-electron chi connectivity index (χ2n) is 5.97. The Morgan fingerprint density at radius 3 is 2.59 bits per heavy atom. The first-order valence-corrected chi connectivity index (χ1v) is 8.16. The highest BCUT2D eigenvalue weighted by Gasteiger charge is 2.18. The Labute approximate surface area is 153 Å². The molecule has 2 aromatic heterocycles. The van der Waals surface area contributed by atoms with Crippen LogP contribution >= 0.6 is 0 Å². The minimum atomic E-state index is -0.541. The second-order valence-corrected chi connectivity index (χ2v) is 5.97. The Hall–Kier alpha value is -4.05. The molecule has 0 saturated carbocycles. The highest BCUT2D eigenvalue weighted by Crippen LogP contribution is 2.21. The van der Waals surface area contributed by atoms with E-state index in [0.29, 0.717) is 16.3 Å². The van der Waals surface area contributed by atoms with Gasteiger partial charge in [-0.05, 0) is 18.2 Å². The second kappa shape index (κ2) is 6.35. The van der Waals surface area contributed by atoms with Gasteiger partial charge in [0.05, 0.1) is 16.5 Å². The number of aromatic nitrogens is 3. The molecule has 0 atom stereocenters. The maximum Gasteiger partial charge on any atom is 0.277 e. The Morgan fingerprint density at radius 2 is 1.81 bits per heavy atom. The van der Waals surface area contributed by atoms with Crippen LogP contribution in [0.25, 0.3) is 21.7 Å². The van der Waals surface area contributed by atoms with E-state index in [2.05, 4.69) is 15.4 Å². The van der Waals surface area contributed by atoms with Gasteiger partial charge in [0.1, 0.15) is 6.07 Å². The Bertz CT molecular complexity index is 1320. The van der Waals surface area contributed by atoms with Crippen LogP contribution in [-0.4, -0.2) is 20.7 Å². The summed E-state index contributed by atoms with van der Waals surface area (Å²) in [4.78, 5) is 29.5. The molecule has 0 fully saturated rings. The van der Waals surface area contributed by atoms with Crippen molar-refractivity contribution in [2.24, 2.45) is 7.05 Å². The molecule has 27 heavy (non-hydrogen) atoms. The Kier molecular flexibility index (Phi) is 3.86. The molecule has 7 nitrogen and oxygen atoms in total. The first-order chi connectivity index (χ1) is 13.1. The van der Waals surface area contributed by atoms with Crippen molar-refractivity contribution in [3.63, 3.8) is 0 Å². The minimum absolute atomic E-state index is 0.0894. The molecule has 4 rings (SSSR count). The molecule has 0 spiro atoms. The summed E-state index contributed by atoms with van der Waals surface area (Å²) >= 11 is 0. The molecule has 0 bridgehead atoms. The summed E-state index contributed by atoms with van der Waals surface area (Å²) in [5.74, 6) is -0.387. The summed E-state index contributed by atoms with van der Waals surface area (Å²) in [5.41, 5.74) is 0.705. The van der Waals surface area contributed by atoms with Gasteiger partial charge in [0.2, 0.25) is 0 Å². The van der Waals surface area contributed by atoms with Gasteiger partial charge in [-0.15, -0.1) is 0 Å². The topological polar surface area (TPSA) is 101 Å². The number of amides is 1. The number of nitrogens with one attached hydrogen (secondary N) is 1. The Morgan fingerprint density at radius 1 is 1.11 bits per heavy atom. The van der Waals surface area contributed by atoms with Crippen molar-refractivity contribution >= 4 is 33.4 Å². The highest BCUT2D eigenvalue weighted by molar-refractivity contribution is 6.11. The molecule has 2 aromatic carbocycles. The molecule has 130 valence electrons. The number of carbonyl (C=O) groups excluding carboxylic acids is 1. The maximum absolute atomic E-state index is 12.9. The summed E-state index contributed by atoms with van der Waals surface area (Å²) in [5, 5.41) is 17.8. The van der Waals surface area contributed by atoms with Crippen molar-refractivity contribution in [2.45, 2.75) is 0 Å². The number of para-hydroxylation sites is 1. The van der Waals surface area contributed by atoms with E-state index in [4.69, 9.17) is 0 Å². The predicted molar refractivity (Wildman–Crippen MR) is 101 cm³/mol. The van der Waals surface area contributed by atoms with Gasteiger partial charge in [0.25, 0.3) is 11.5 Å². The first kappa shape index (κ1) is 16.4. The summed E-state index contributed by atoms with van der Waals surface area (Å²) in [6.45, 7) is 0. The molecule has 0 aliphatic carbocycles. The number of fused-ring (bicyclic) bond motifs is 2. The van der Waals surface area contributed by atoms with Crippen molar-refractivity contribution in [1.82, 2.24) is 14.8 Å². The van der Waals surface area contributed by atoms with Gasteiger partial charge in [0, 0.05) is 17.8 Å². The van der Waals surface area contributed by atoms with Crippen molar-refractivity contribution < 1.29 is 4.79 Å². The third-order valence-electron chi connectivity index (χ3n) is 4.25. The summed E-state index contributed by atoms with van der Waals surface area (Å²) in [7, 11) is 1.49. The molecule has 2 heterocycles. The maximum atomic E-state index is 12.9. The quantitative estimate of drug-likeness (QED) is 0.596. The fourth-order valence-electron chi connectivity index (χ4n) is 2.93. The summed E-state index contributed by atoms with van der Waals surface area (Å²) in [6.07, 6.45) is 0. The lowest BCUT2D eigenvalue weighted by molar-refractivity contribution is 0.102. The van der Waals surface area contributed by atoms with Crippen molar-refractivity contribution in [3.8, 4) is 6.07 Å². The van der Waals surface area contributed by atoms with Gasteiger partial charge in [-0.3, -0.25) is 9.59 Å². The van der Waals surface area contributed by atoms with Crippen LogP contribution in [0.3, 0.4) is 0 Å². The van der Waals surface area contributed by atoms with E-state index in [9.17, 15) is 14.9 Å². The number of nitrogens with zero attached hydrogens (tertiary/aromatic N) is 4. The standard InChI is InChI=1S/C20H13N5O2/c1-25-20(27)15-8-4-3-7-14(15)17(24-25)19(26)23-18-13(11-21)10-12-6-2-5-9-16(12)22-18/h2-10H,1H3,(H,22,23,26). The van der Waals surface area contributed by atoms with Gasteiger partial charge in [-0.1, -0.05) is 36.4 Å². The van der Waals surface area contributed by atoms with Crippen LogP contribution in [0.2, 0.25) is 0 Å². The van der Waals surface area contributed by atoms with Crippen LogP contribution in [0.4, 0.5) is 5.82 Å². The van der Waals surface area contributed by atoms with E-state index >= 15 is 0 Å². The number of anilines is 1. The zero-order chi connectivity index (χ0) is 19.0. The molecular formula is C20H13N5O2. The normalized spacial score (nSPS) is 10.7. The van der Waals surface area contributed by atoms with Gasteiger partial charge in [0.15, 0.2) is 11.5 Å². The fourth-order valence-corrected chi connectivity index (χ4v) is 2.93. The molecule has 7 heteroatoms. The molecule has 0 aliphatic rings. The molecule has 0 unspecified atom stereocenters. The third kappa shape index (κ3) is 2.79. The third-order valence-corrected chi connectivity index (χ3v) is 4.25. The van der Waals surface area contributed by atoms with Crippen LogP contribution in [0.5, 0.6) is 0 Å². The largest absolute Gasteiger partial charge is 0.304 e. The SMILES string of the molecule is Cn1nc(C(=O)Nc2nc3ccccc3cc2C#N)c2ccccc2c1=O. The molecule has 1 amide bonds. The molecule has 0 aliphatic heterocycles. The van der Waals surface area contributed by atoms with Gasteiger partial charge in [-0.25, -0.2) is 9.67 Å². The number of rotatable bonds is 2. The minimum Gasteiger partial charge on any atom is -0.304 e. The highest BCUT2D eigenvalue weighted by atomic mass is 16.2. The lowest BCUT2D eigenvalue weighted by Crippen LogP contribution is -2.25. The molecule has 1 N–H and O–H groups in total. The summed E-state index contributed by atoms with van der Waals surface area (Å²) in [6, 6.07) is 17.8. The number of hydrogen-bond donors (Lipinski definition) is 1. The van der Waals surface area contributed by atoms with E-state index < -0.39 is 5.91 Å². The van der Waals surface area contributed by atoms with Crippen molar-refractivity contribution in [2.75, 3.05) is 5.32 Å². The number of pyridine rings is 1. The van der Waals surface area contributed by atoms with E-state index in [1.54, 1.807) is 36.4 Å². The average Bonchev–Trinajstić information content (AvgIpc) is 2.70. The number of aryl methyl sites for hydroxylation is 1. The molecular weight excluding hydrogens is 342 g/mol. The first-order valence-electron chi connectivity index (χ1n) is 8.16. The van der Waals surface area contributed by atoms with Gasteiger partial charge in [-0.2, -0.15) is 10.4 Å². The van der Waals surface area contributed by atoms with Crippen molar-refractivity contribution in [1.29, 1.82) is 5.26 Å². The fraction of sp³-hybridized carbons (Fsp3) is 0.0500. The van der Waals surface area contributed by atoms with E-state index in [-0.39, 0.29) is 22.6 Å². The monoisotopic (exact) mass is 355 g/mol. The van der Waals surface area contributed by atoms with Crippen LogP contribution in [0.1, 0.15) is 16.1 Å². The smallest absolute Gasteiger partial charge is 0.277 e. The number of nitriles is 1. The van der Waals surface area contributed by atoms with Crippen LogP contribution in [0.15, 0.2) is 59.4 Å².